The maximum Gasteiger partial charge on any atom is 0.408 e. The molecule has 0 amide bonds. The Balaban J connectivity index is 1.32. The molecular weight excluding hydrogens is 501 g/mol. The topological polar surface area (TPSA) is 38.8 Å². The van der Waals surface area contributed by atoms with E-state index in [2.05, 4.69) is 125 Å². The summed E-state index contributed by atoms with van der Waals surface area (Å²) in [6.45, 7) is 8.80. The van der Waals surface area contributed by atoms with Crippen molar-refractivity contribution in [1.29, 1.82) is 0 Å². The van der Waals surface area contributed by atoms with E-state index in [1.165, 1.54) is 44.5 Å². The third kappa shape index (κ3) is 4.60. The van der Waals surface area contributed by atoms with Gasteiger partial charge in [-0.2, -0.15) is 0 Å². The summed E-state index contributed by atoms with van der Waals surface area (Å²) in [5.74, 6) is 0.00636. The lowest BCUT2D eigenvalue weighted by Crippen LogP contribution is -2.36. The number of fused-ring (bicyclic) bond motifs is 6. The number of rotatable bonds is 9. The van der Waals surface area contributed by atoms with Crippen LogP contribution in [-0.4, -0.2) is 30.0 Å². The zero-order valence-electron chi connectivity index (χ0n) is 23.1. The largest absolute Gasteiger partial charge is 0.408 e. The second-order valence-corrected chi connectivity index (χ2v) is 13.0. The van der Waals surface area contributed by atoms with E-state index < -0.39 is 7.75 Å². The molecule has 0 spiro atoms. The summed E-state index contributed by atoms with van der Waals surface area (Å²) in [5.41, 5.74) is 9.74. The smallest absolute Gasteiger partial charge is 0.296 e. The highest BCUT2D eigenvalue weighted by Gasteiger charge is 2.41. The summed E-state index contributed by atoms with van der Waals surface area (Å²) in [4.78, 5) is 0. The lowest BCUT2D eigenvalue weighted by atomic mass is 9.98. The van der Waals surface area contributed by atoms with E-state index >= 15 is 0 Å². The van der Waals surface area contributed by atoms with E-state index in [4.69, 9.17) is 9.05 Å². The van der Waals surface area contributed by atoms with Gasteiger partial charge in [0.05, 0.1) is 13.2 Å². The average Bonchev–Trinajstić information content (AvgIpc) is 3.43. The van der Waals surface area contributed by atoms with Crippen LogP contribution in [-0.2, 0) is 13.6 Å². The summed E-state index contributed by atoms with van der Waals surface area (Å²) in [6, 6.07) is 33.8. The molecule has 0 atom stereocenters. The normalized spacial score (nSPS) is 14.6. The molecule has 0 bridgehead atoms. The predicted octanol–water partition coefficient (Wildman–Crippen LogP) is 8.87. The Morgan fingerprint density at radius 2 is 0.846 bits per heavy atom. The molecule has 0 fully saturated rings. The molecule has 0 unspecified atom stereocenters. The van der Waals surface area contributed by atoms with Gasteiger partial charge in [-0.1, -0.05) is 97.1 Å². The van der Waals surface area contributed by atoms with Crippen LogP contribution in [0.15, 0.2) is 97.1 Å². The van der Waals surface area contributed by atoms with E-state index in [1.54, 1.807) is 0 Å². The molecule has 4 aromatic carbocycles. The van der Waals surface area contributed by atoms with Crippen LogP contribution in [0, 0.1) is 0 Å². The highest BCUT2D eigenvalue weighted by molar-refractivity contribution is 7.51. The molecule has 2 aliphatic rings. The van der Waals surface area contributed by atoms with Crippen LogP contribution >= 0.6 is 7.75 Å². The molecule has 0 N–H and O–H groups in total. The van der Waals surface area contributed by atoms with Crippen molar-refractivity contribution in [2.45, 2.75) is 51.6 Å². The van der Waals surface area contributed by atoms with Gasteiger partial charge in [-0.05, 0) is 72.2 Å². The quantitative estimate of drug-likeness (QED) is 0.200. The van der Waals surface area contributed by atoms with E-state index in [1.807, 2.05) is 4.67 Å². The van der Waals surface area contributed by atoms with Crippen LogP contribution in [0.3, 0.4) is 0 Å². The summed E-state index contributed by atoms with van der Waals surface area (Å²) >= 11 is 0. The highest BCUT2D eigenvalue weighted by atomic mass is 31.2. The monoisotopic (exact) mass is 537 g/mol. The molecule has 6 rings (SSSR count). The van der Waals surface area contributed by atoms with E-state index in [0.29, 0.717) is 13.2 Å². The minimum atomic E-state index is -3.66. The number of hydrogen-bond donors (Lipinski definition) is 0. The molecule has 0 saturated heterocycles. The van der Waals surface area contributed by atoms with Crippen LogP contribution < -0.4 is 0 Å². The van der Waals surface area contributed by atoms with E-state index in [9.17, 15) is 4.57 Å². The number of nitrogens with zero attached hydrogens (tertiary/aromatic N) is 1. The third-order valence-electron chi connectivity index (χ3n) is 8.07. The van der Waals surface area contributed by atoms with Gasteiger partial charge in [-0.3, -0.25) is 9.05 Å². The third-order valence-corrected chi connectivity index (χ3v) is 10.5. The summed E-state index contributed by atoms with van der Waals surface area (Å²) in [7, 11) is -3.66. The van der Waals surface area contributed by atoms with Crippen LogP contribution in [0.25, 0.3) is 22.3 Å². The molecule has 0 heterocycles. The minimum absolute atomic E-state index is 0.00318. The molecule has 5 heteroatoms. The van der Waals surface area contributed by atoms with E-state index in [-0.39, 0.29) is 23.9 Å². The van der Waals surface area contributed by atoms with Crippen LogP contribution in [0.2, 0.25) is 0 Å². The first-order valence-electron chi connectivity index (χ1n) is 13.9. The first-order chi connectivity index (χ1) is 18.9. The Morgan fingerprint density at radius 3 is 1.13 bits per heavy atom. The lowest BCUT2D eigenvalue weighted by Gasteiger charge is -2.37. The van der Waals surface area contributed by atoms with Gasteiger partial charge in [0.15, 0.2) is 0 Å². The SMILES string of the molecule is CC(C)N(C(C)C)P(=O)(OCC1c2ccccc2-c2ccccc21)OCC1c2ccccc2-c2ccccc21. The first kappa shape index (κ1) is 26.2. The molecular formula is C34H36NO3P. The maximum absolute atomic E-state index is 14.8. The summed E-state index contributed by atoms with van der Waals surface area (Å²) in [5, 5.41) is 0. The van der Waals surface area contributed by atoms with Crippen molar-refractivity contribution in [3.63, 3.8) is 0 Å². The van der Waals surface area contributed by atoms with Crippen molar-refractivity contribution < 1.29 is 13.6 Å². The molecule has 0 aliphatic heterocycles. The molecule has 39 heavy (non-hydrogen) atoms. The van der Waals surface area contributed by atoms with Gasteiger partial charge in [0, 0.05) is 23.9 Å². The molecule has 2 aliphatic carbocycles. The van der Waals surface area contributed by atoms with Gasteiger partial charge >= 0.3 is 7.75 Å². The Hall–Kier alpha value is -3.01. The zero-order valence-corrected chi connectivity index (χ0v) is 24.0. The fourth-order valence-electron chi connectivity index (χ4n) is 6.55. The summed E-state index contributed by atoms with van der Waals surface area (Å²) < 4.78 is 29.8. The molecule has 4 aromatic rings. The van der Waals surface area contributed by atoms with Crippen LogP contribution in [0.4, 0.5) is 0 Å². The van der Waals surface area contributed by atoms with Gasteiger partial charge in [0.1, 0.15) is 0 Å². The van der Waals surface area contributed by atoms with Crippen LogP contribution in [0.5, 0.6) is 0 Å². The Morgan fingerprint density at radius 1 is 0.564 bits per heavy atom. The fourth-order valence-corrected chi connectivity index (χ4v) is 8.70. The van der Waals surface area contributed by atoms with Gasteiger partial charge in [-0.25, -0.2) is 9.24 Å². The fraction of sp³-hybridized carbons (Fsp3) is 0.294. The Labute approximate surface area is 232 Å². The van der Waals surface area contributed by atoms with Crippen molar-refractivity contribution in [3.8, 4) is 22.3 Å². The van der Waals surface area contributed by atoms with Crippen molar-refractivity contribution >= 4 is 7.75 Å². The van der Waals surface area contributed by atoms with Gasteiger partial charge in [0.2, 0.25) is 0 Å². The van der Waals surface area contributed by atoms with E-state index in [0.717, 1.165) is 0 Å². The predicted molar refractivity (Wildman–Crippen MR) is 159 cm³/mol. The summed E-state index contributed by atoms with van der Waals surface area (Å²) in [6.07, 6.45) is 0. The molecule has 0 aromatic heterocycles. The molecule has 200 valence electrons. The zero-order chi connectivity index (χ0) is 27.1. The van der Waals surface area contributed by atoms with Crippen molar-refractivity contribution in [3.05, 3.63) is 119 Å². The molecule has 0 saturated carbocycles. The van der Waals surface area contributed by atoms with Gasteiger partial charge < -0.3 is 0 Å². The molecule has 0 radical (unpaired) electrons. The standard InChI is InChI=1S/C34H36NO3P/c1-23(2)35(24(3)4)39(36,37-21-33-29-17-9-5-13-25(29)26-14-6-10-18-30(26)33)38-22-34-31-19-11-7-15-27(31)28-16-8-12-20-32(28)34/h5-20,23-24,33-34H,21-22H2,1-4H3. The van der Waals surface area contributed by atoms with Crippen molar-refractivity contribution in [1.82, 2.24) is 4.67 Å². The van der Waals surface area contributed by atoms with Crippen LogP contribution in [0.1, 0.15) is 61.8 Å². The molecule has 4 nitrogen and oxygen atoms in total. The number of hydrogen-bond acceptors (Lipinski definition) is 3. The lowest BCUT2D eigenvalue weighted by molar-refractivity contribution is 0.126. The van der Waals surface area contributed by atoms with Crippen molar-refractivity contribution in [2.24, 2.45) is 0 Å². The highest BCUT2D eigenvalue weighted by Crippen LogP contribution is 2.58. The second-order valence-electron chi connectivity index (χ2n) is 11.1. The maximum atomic E-state index is 14.8. The minimum Gasteiger partial charge on any atom is -0.296 e. The van der Waals surface area contributed by atoms with Crippen molar-refractivity contribution in [2.75, 3.05) is 13.2 Å². The Kier molecular flexibility index (Phi) is 7.07. The second kappa shape index (κ2) is 10.5. The Bertz CT molecular complexity index is 1340. The average molecular weight is 538 g/mol. The first-order valence-corrected chi connectivity index (χ1v) is 15.4. The van der Waals surface area contributed by atoms with Gasteiger partial charge in [0.25, 0.3) is 0 Å². The number of benzene rings is 4. The van der Waals surface area contributed by atoms with Gasteiger partial charge in [-0.15, -0.1) is 0 Å².